The fourth-order valence-electron chi connectivity index (χ4n) is 3.19. The number of hydrogen-bond acceptors (Lipinski definition) is 6. The number of para-hydroxylation sites is 1. The topological polar surface area (TPSA) is 67.9 Å². The van der Waals surface area contributed by atoms with Gasteiger partial charge in [0.05, 0.1) is 5.52 Å². The predicted octanol–water partition coefficient (Wildman–Crippen LogP) is 3.99. The molecule has 0 amide bonds. The molecule has 3 heterocycles. The molecule has 1 aliphatic rings. The van der Waals surface area contributed by atoms with Gasteiger partial charge in [0.1, 0.15) is 17.0 Å². The first-order valence-electron chi connectivity index (χ1n) is 8.59. The van der Waals surface area contributed by atoms with Crippen molar-refractivity contribution in [2.45, 2.75) is 29.7 Å². The largest absolute Gasteiger partial charge is 0.394 e. The van der Waals surface area contributed by atoms with Gasteiger partial charge in [0.2, 0.25) is 0 Å². The van der Waals surface area contributed by atoms with Crippen molar-refractivity contribution in [1.82, 2.24) is 15.0 Å². The fraction of sp³-hybridized carbons (Fsp3) is 0.316. The third kappa shape index (κ3) is 3.26. The minimum Gasteiger partial charge on any atom is -0.394 e. The Morgan fingerprint density at radius 3 is 2.72 bits per heavy atom. The second-order valence-electron chi connectivity index (χ2n) is 6.52. The molecule has 3 aromatic rings. The van der Waals surface area contributed by atoms with Crippen LogP contribution in [-0.2, 0) is 0 Å². The monoisotopic (exact) mass is 351 g/mol. The minimum atomic E-state index is 0.662. The molecule has 1 aliphatic heterocycles. The summed E-state index contributed by atoms with van der Waals surface area (Å²) >= 11 is 1.56. The lowest BCUT2D eigenvalue weighted by molar-refractivity contribution is 0.436. The Kier molecular flexibility index (Phi) is 4.44. The number of anilines is 2. The van der Waals surface area contributed by atoms with Crippen molar-refractivity contribution >= 4 is 34.2 Å². The van der Waals surface area contributed by atoms with Gasteiger partial charge < -0.3 is 10.6 Å². The molecule has 4 rings (SSSR count). The quantitative estimate of drug-likeness (QED) is 0.720. The van der Waals surface area contributed by atoms with Crippen LogP contribution >= 0.6 is 11.8 Å². The molecule has 0 unspecified atom stereocenters. The predicted molar refractivity (Wildman–Crippen MR) is 103 cm³/mol. The number of rotatable bonds is 3. The SMILES string of the molecule is CC1CCN(c2ncnc(Sc3cccc4cccnc34)c2N)CC1. The zero-order valence-electron chi connectivity index (χ0n) is 14.2. The van der Waals surface area contributed by atoms with Crippen LogP contribution in [0.4, 0.5) is 11.5 Å². The van der Waals surface area contributed by atoms with Crippen LogP contribution in [-0.4, -0.2) is 28.0 Å². The molecule has 25 heavy (non-hydrogen) atoms. The summed E-state index contributed by atoms with van der Waals surface area (Å²) in [5.74, 6) is 1.63. The van der Waals surface area contributed by atoms with Crippen LogP contribution in [0.1, 0.15) is 19.8 Å². The molecule has 0 saturated carbocycles. The van der Waals surface area contributed by atoms with Gasteiger partial charge in [0, 0.05) is 29.6 Å². The summed E-state index contributed by atoms with van der Waals surface area (Å²) in [7, 11) is 0. The van der Waals surface area contributed by atoms with Crippen LogP contribution in [0, 0.1) is 5.92 Å². The van der Waals surface area contributed by atoms with E-state index < -0.39 is 0 Å². The van der Waals surface area contributed by atoms with E-state index in [0.29, 0.717) is 5.69 Å². The Bertz CT molecular complexity index is 885. The summed E-state index contributed by atoms with van der Waals surface area (Å²) in [6.45, 7) is 4.31. The van der Waals surface area contributed by atoms with Crippen LogP contribution in [0.15, 0.2) is 52.8 Å². The highest BCUT2D eigenvalue weighted by Crippen LogP contribution is 2.37. The molecule has 0 spiro atoms. The van der Waals surface area contributed by atoms with E-state index in [4.69, 9.17) is 5.73 Å². The average molecular weight is 351 g/mol. The van der Waals surface area contributed by atoms with Gasteiger partial charge in [0.15, 0.2) is 5.82 Å². The number of benzene rings is 1. The van der Waals surface area contributed by atoms with E-state index in [1.54, 1.807) is 18.1 Å². The highest BCUT2D eigenvalue weighted by atomic mass is 32.2. The number of pyridine rings is 1. The van der Waals surface area contributed by atoms with Gasteiger partial charge in [0.25, 0.3) is 0 Å². The zero-order valence-corrected chi connectivity index (χ0v) is 15.0. The third-order valence-corrected chi connectivity index (χ3v) is 5.78. The van der Waals surface area contributed by atoms with Crippen molar-refractivity contribution in [1.29, 1.82) is 0 Å². The molecule has 1 saturated heterocycles. The van der Waals surface area contributed by atoms with Crippen LogP contribution in [0.2, 0.25) is 0 Å². The van der Waals surface area contributed by atoms with Crippen LogP contribution in [0.25, 0.3) is 10.9 Å². The van der Waals surface area contributed by atoms with Crippen molar-refractivity contribution < 1.29 is 0 Å². The van der Waals surface area contributed by atoms with E-state index >= 15 is 0 Å². The normalized spacial score (nSPS) is 15.6. The summed E-state index contributed by atoms with van der Waals surface area (Å²) in [6, 6.07) is 10.2. The lowest BCUT2D eigenvalue weighted by atomic mass is 9.99. The number of hydrogen-bond donors (Lipinski definition) is 1. The summed E-state index contributed by atoms with van der Waals surface area (Å²) in [5.41, 5.74) is 8.07. The average Bonchev–Trinajstić information content (AvgIpc) is 2.65. The molecule has 1 fully saturated rings. The maximum Gasteiger partial charge on any atom is 0.156 e. The number of nitrogens with zero attached hydrogens (tertiary/aromatic N) is 4. The Labute approximate surface area is 151 Å². The third-order valence-electron chi connectivity index (χ3n) is 4.71. The zero-order chi connectivity index (χ0) is 17.2. The molecule has 0 radical (unpaired) electrons. The van der Waals surface area contributed by atoms with Crippen LogP contribution < -0.4 is 10.6 Å². The van der Waals surface area contributed by atoms with Crippen molar-refractivity contribution in [3.63, 3.8) is 0 Å². The summed E-state index contributed by atoms with van der Waals surface area (Å²) < 4.78 is 0. The second kappa shape index (κ2) is 6.88. The number of nitrogen functional groups attached to an aromatic ring is 1. The summed E-state index contributed by atoms with van der Waals surface area (Å²) in [4.78, 5) is 16.7. The number of nitrogens with two attached hydrogens (primary N) is 1. The molecular weight excluding hydrogens is 330 g/mol. The fourth-order valence-corrected chi connectivity index (χ4v) is 4.11. The Morgan fingerprint density at radius 2 is 1.88 bits per heavy atom. The lowest BCUT2D eigenvalue weighted by Gasteiger charge is -2.32. The molecule has 2 aromatic heterocycles. The van der Waals surface area contributed by atoms with Crippen LogP contribution in [0.5, 0.6) is 0 Å². The highest BCUT2D eigenvalue weighted by Gasteiger charge is 2.21. The number of piperidine rings is 1. The maximum absolute atomic E-state index is 6.43. The van der Waals surface area contributed by atoms with Gasteiger partial charge in [-0.15, -0.1) is 0 Å². The Balaban J connectivity index is 1.66. The molecule has 128 valence electrons. The van der Waals surface area contributed by atoms with Crippen molar-refractivity contribution in [2.75, 3.05) is 23.7 Å². The summed E-state index contributed by atoms with van der Waals surface area (Å²) in [6.07, 6.45) is 5.79. The standard InChI is InChI=1S/C19H21N5S/c1-13-7-10-24(11-8-13)18-16(20)19(23-12-22-18)25-15-6-2-4-14-5-3-9-21-17(14)15/h2-6,9,12-13H,7-8,10-11,20H2,1H3. The first-order valence-corrected chi connectivity index (χ1v) is 9.41. The van der Waals surface area contributed by atoms with Crippen LogP contribution in [0.3, 0.4) is 0 Å². The Morgan fingerprint density at radius 1 is 1.08 bits per heavy atom. The molecule has 2 N–H and O–H groups in total. The highest BCUT2D eigenvalue weighted by molar-refractivity contribution is 7.99. The minimum absolute atomic E-state index is 0.662. The van der Waals surface area contributed by atoms with E-state index in [2.05, 4.69) is 45.0 Å². The molecule has 5 nitrogen and oxygen atoms in total. The first-order chi connectivity index (χ1) is 12.2. The van der Waals surface area contributed by atoms with Crippen molar-refractivity contribution in [2.24, 2.45) is 5.92 Å². The van der Waals surface area contributed by atoms with Crippen molar-refractivity contribution in [3.05, 3.63) is 42.9 Å². The number of aromatic nitrogens is 3. The van der Waals surface area contributed by atoms with Gasteiger partial charge in [-0.25, -0.2) is 9.97 Å². The van der Waals surface area contributed by atoms with Gasteiger partial charge in [-0.1, -0.05) is 36.9 Å². The molecule has 0 bridgehead atoms. The molecule has 1 aromatic carbocycles. The Hall–Kier alpha value is -2.34. The van der Waals surface area contributed by atoms with E-state index in [0.717, 1.165) is 45.6 Å². The first kappa shape index (κ1) is 16.1. The molecule has 6 heteroatoms. The van der Waals surface area contributed by atoms with E-state index in [9.17, 15) is 0 Å². The van der Waals surface area contributed by atoms with E-state index in [-0.39, 0.29) is 0 Å². The molecular formula is C19H21N5S. The van der Waals surface area contributed by atoms with Gasteiger partial charge in [-0.3, -0.25) is 4.98 Å². The molecule has 0 aliphatic carbocycles. The van der Waals surface area contributed by atoms with Gasteiger partial charge >= 0.3 is 0 Å². The second-order valence-corrected chi connectivity index (χ2v) is 7.55. The smallest absolute Gasteiger partial charge is 0.156 e. The maximum atomic E-state index is 6.43. The van der Waals surface area contributed by atoms with Gasteiger partial charge in [-0.2, -0.15) is 0 Å². The lowest BCUT2D eigenvalue weighted by Crippen LogP contribution is -2.34. The van der Waals surface area contributed by atoms with Crippen molar-refractivity contribution in [3.8, 4) is 0 Å². The van der Waals surface area contributed by atoms with Gasteiger partial charge in [-0.05, 0) is 30.9 Å². The molecule has 0 atom stereocenters. The number of fused-ring (bicyclic) bond motifs is 1. The summed E-state index contributed by atoms with van der Waals surface area (Å²) in [5, 5.41) is 1.91. The van der Waals surface area contributed by atoms with E-state index in [1.807, 2.05) is 18.3 Å². The van der Waals surface area contributed by atoms with E-state index in [1.165, 1.54) is 12.8 Å².